The van der Waals surface area contributed by atoms with Gasteiger partial charge in [0.1, 0.15) is 6.10 Å². The summed E-state index contributed by atoms with van der Waals surface area (Å²) in [5.74, 6) is -0.505. The van der Waals surface area contributed by atoms with E-state index in [1.54, 1.807) is 30.3 Å². The number of nitrogens with two attached hydrogens (primary N) is 1. The fourth-order valence-electron chi connectivity index (χ4n) is 1.66. The molecule has 0 spiro atoms. The van der Waals surface area contributed by atoms with Crippen LogP contribution >= 0.6 is 23.2 Å². The van der Waals surface area contributed by atoms with Crippen molar-refractivity contribution in [2.24, 2.45) is 5.73 Å². The molecular formula is C14H12Cl2FNO. The summed E-state index contributed by atoms with van der Waals surface area (Å²) in [6, 6.07) is 11.7. The fraction of sp³-hybridized carbons (Fsp3) is 0.143. The first-order valence-corrected chi connectivity index (χ1v) is 6.43. The second kappa shape index (κ2) is 6.24. The average Bonchev–Trinajstić information content (AvgIpc) is 2.42. The van der Waals surface area contributed by atoms with Gasteiger partial charge < -0.3 is 10.5 Å². The van der Waals surface area contributed by atoms with E-state index in [0.29, 0.717) is 5.02 Å². The third kappa shape index (κ3) is 3.38. The molecule has 5 heteroatoms. The van der Waals surface area contributed by atoms with E-state index in [4.69, 9.17) is 33.7 Å². The lowest BCUT2D eigenvalue weighted by Gasteiger charge is -2.18. The summed E-state index contributed by atoms with van der Waals surface area (Å²) in [5.41, 5.74) is 6.49. The maximum absolute atomic E-state index is 13.8. The molecule has 1 atom stereocenters. The number of hydrogen-bond donors (Lipinski definition) is 1. The van der Waals surface area contributed by atoms with E-state index in [1.807, 2.05) is 0 Å². The lowest BCUT2D eigenvalue weighted by Crippen LogP contribution is -2.18. The Labute approximate surface area is 120 Å². The van der Waals surface area contributed by atoms with Crippen molar-refractivity contribution < 1.29 is 9.13 Å². The van der Waals surface area contributed by atoms with Gasteiger partial charge in [0.05, 0.1) is 5.02 Å². The van der Waals surface area contributed by atoms with Crippen LogP contribution in [0.2, 0.25) is 10.0 Å². The van der Waals surface area contributed by atoms with Crippen LogP contribution in [0, 0.1) is 5.82 Å². The largest absolute Gasteiger partial charge is 0.481 e. The standard InChI is InChI=1S/C14H12Cl2FNO/c15-10-6-4-9(5-7-10)13(8-18)19-12-3-1-2-11(16)14(12)17/h1-7,13H,8,18H2. The van der Waals surface area contributed by atoms with E-state index in [2.05, 4.69) is 0 Å². The molecule has 0 amide bonds. The SMILES string of the molecule is NCC(Oc1cccc(Cl)c1F)c1ccc(Cl)cc1. The monoisotopic (exact) mass is 299 g/mol. The Balaban J connectivity index is 2.24. The quantitative estimate of drug-likeness (QED) is 0.918. The minimum atomic E-state index is -0.586. The van der Waals surface area contributed by atoms with Crippen molar-refractivity contribution in [3.8, 4) is 5.75 Å². The first-order chi connectivity index (χ1) is 9.11. The van der Waals surface area contributed by atoms with Gasteiger partial charge in [0, 0.05) is 11.6 Å². The molecule has 2 aromatic carbocycles. The Bertz CT molecular complexity index is 560. The van der Waals surface area contributed by atoms with Gasteiger partial charge in [0.25, 0.3) is 0 Å². The molecule has 0 aliphatic heterocycles. The zero-order chi connectivity index (χ0) is 13.8. The molecule has 100 valence electrons. The molecule has 0 saturated heterocycles. The molecule has 0 fully saturated rings. The molecule has 19 heavy (non-hydrogen) atoms. The van der Waals surface area contributed by atoms with Gasteiger partial charge in [0.2, 0.25) is 0 Å². The van der Waals surface area contributed by atoms with E-state index >= 15 is 0 Å². The van der Waals surface area contributed by atoms with Crippen molar-refractivity contribution in [2.75, 3.05) is 6.54 Å². The molecule has 1 unspecified atom stereocenters. The highest BCUT2D eigenvalue weighted by Crippen LogP contribution is 2.28. The van der Waals surface area contributed by atoms with Crippen LogP contribution in [-0.2, 0) is 0 Å². The van der Waals surface area contributed by atoms with Crippen LogP contribution in [-0.4, -0.2) is 6.54 Å². The highest BCUT2D eigenvalue weighted by molar-refractivity contribution is 6.31. The molecule has 0 aliphatic rings. The number of halogens is 3. The highest BCUT2D eigenvalue weighted by Gasteiger charge is 2.15. The van der Waals surface area contributed by atoms with Gasteiger partial charge in [-0.1, -0.05) is 41.4 Å². The molecule has 2 nitrogen and oxygen atoms in total. The molecule has 0 aliphatic carbocycles. The van der Waals surface area contributed by atoms with E-state index in [-0.39, 0.29) is 17.3 Å². The van der Waals surface area contributed by atoms with Gasteiger partial charge in [0.15, 0.2) is 11.6 Å². The molecule has 0 saturated carbocycles. The summed E-state index contributed by atoms with van der Waals surface area (Å²) in [5, 5.41) is 0.637. The van der Waals surface area contributed by atoms with Crippen molar-refractivity contribution >= 4 is 23.2 Å². The van der Waals surface area contributed by atoms with Crippen LogP contribution in [0.25, 0.3) is 0 Å². The Morgan fingerprint density at radius 3 is 2.42 bits per heavy atom. The molecule has 0 radical (unpaired) electrons. The summed E-state index contributed by atoms with van der Waals surface area (Å²) in [6.45, 7) is 0.216. The van der Waals surface area contributed by atoms with Gasteiger partial charge in [-0.05, 0) is 29.8 Å². The van der Waals surface area contributed by atoms with E-state index < -0.39 is 11.9 Å². The third-order valence-electron chi connectivity index (χ3n) is 2.64. The van der Waals surface area contributed by atoms with Gasteiger partial charge in [-0.3, -0.25) is 0 Å². The minimum Gasteiger partial charge on any atom is -0.481 e. The van der Waals surface area contributed by atoms with Crippen LogP contribution in [0.4, 0.5) is 4.39 Å². The van der Waals surface area contributed by atoms with Gasteiger partial charge >= 0.3 is 0 Å². The predicted molar refractivity (Wildman–Crippen MR) is 75.3 cm³/mol. The summed E-state index contributed by atoms with van der Waals surface area (Å²) >= 11 is 11.5. The average molecular weight is 300 g/mol. The van der Waals surface area contributed by atoms with Crippen molar-refractivity contribution in [3.05, 3.63) is 63.9 Å². The minimum absolute atomic E-state index is 0.0179. The second-order valence-electron chi connectivity index (χ2n) is 3.95. The first-order valence-electron chi connectivity index (χ1n) is 5.68. The van der Waals surface area contributed by atoms with Crippen molar-refractivity contribution in [1.82, 2.24) is 0 Å². The maximum Gasteiger partial charge on any atom is 0.183 e. The second-order valence-corrected chi connectivity index (χ2v) is 4.79. The van der Waals surface area contributed by atoms with Crippen molar-refractivity contribution in [2.45, 2.75) is 6.10 Å². The topological polar surface area (TPSA) is 35.2 Å². The summed E-state index contributed by atoms with van der Waals surface area (Å²) in [6.07, 6.45) is -0.453. The number of ether oxygens (including phenoxy) is 1. The molecular weight excluding hydrogens is 288 g/mol. The molecule has 0 bridgehead atoms. The number of benzene rings is 2. The smallest absolute Gasteiger partial charge is 0.183 e. The van der Waals surface area contributed by atoms with E-state index in [9.17, 15) is 4.39 Å². The lowest BCUT2D eigenvalue weighted by atomic mass is 10.1. The Morgan fingerprint density at radius 1 is 1.11 bits per heavy atom. The number of hydrogen-bond acceptors (Lipinski definition) is 2. The zero-order valence-corrected chi connectivity index (χ0v) is 11.5. The highest BCUT2D eigenvalue weighted by atomic mass is 35.5. The maximum atomic E-state index is 13.8. The van der Waals surface area contributed by atoms with Crippen molar-refractivity contribution in [1.29, 1.82) is 0 Å². The molecule has 2 rings (SSSR count). The Kier molecular flexibility index (Phi) is 4.64. The van der Waals surface area contributed by atoms with Crippen LogP contribution < -0.4 is 10.5 Å². The number of rotatable bonds is 4. The van der Waals surface area contributed by atoms with E-state index in [0.717, 1.165) is 5.56 Å². The van der Waals surface area contributed by atoms with Crippen molar-refractivity contribution in [3.63, 3.8) is 0 Å². The van der Waals surface area contributed by atoms with E-state index in [1.165, 1.54) is 12.1 Å². The molecule has 2 N–H and O–H groups in total. The van der Waals surface area contributed by atoms with Crippen LogP contribution in [0.1, 0.15) is 11.7 Å². The Hall–Kier alpha value is -1.29. The molecule has 0 aromatic heterocycles. The zero-order valence-electron chi connectivity index (χ0n) is 9.95. The first kappa shape index (κ1) is 14.1. The van der Waals surface area contributed by atoms with Gasteiger partial charge in [-0.25, -0.2) is 4.39 Å². The van der Waals surface area contributed by atoms with Gasteiger partial charge in [-0.15, -0.1) is 0 Å². The van der Waals surface area contributed by atoms with Crippen LogP contribution in [0.3, 0.4) is 0 Å². The van der Waals surface area contributed by atoms with Crippen LogP contribution in [0.5, 0.6) is 5.75 Å². The Morgan fingerprint density at radius 2 is 1.79 bits per heavy atom. The summed E-state index contributed by atoms with van der Waals surface area (Å²) in [7, 11) is 0. The van der Waals surface area contributed by atoms with Gasteiger partial charge in [-0.2, -0.15) is 0 Å². The fourth-order valence-corrected chi connectivity index (χ4v) is 1.95. The summed E-state index contributed by atoms with van der Waals surface area (Å²) < 4.78 is 19.3. The van der Waals surface area contributed by atoms with Crippen LogP contribution in [0.15, 0.2) is 42.5 Å². The molecule has 2 aromatic rings. The molecule has 0 heterocycles. The summed E-state index contributed by atoms with van der Waals surface area (Å²) in [4.78, 5) is 0. The third-order valence-corrected chi connectivity index (χ3v) is 3.19. The predicted octanol–water partition coefficient (Wildman–Crippen LogP) is 4.21. The lowest BCUT2D eigenvalue weighted by molar-refractivity contribution is 0.204. The normalized spacial score (nSPS) is 12.2.